The second kappa shape index (κ2) is 2.18. The first kappa shape index (κ1) is 7.97. The molecule has 0 aromatic rings. The maximum Gasteiger partial charge on any atom is 0.338 e. The predicted octanol–water partition coefficient (Wildman–Crippen LogP) is -1.84. The summed E-state index contributed by atoms with van der Waals surface area (Å²) in [5, 5.41) is 28.0. The fourth-order valence-electron chi connectivity index (χ4n) is 1.78. The van der Waals surface area contributed by atoms with E-state index in [0.717, 1.165) is 0 Å². The number of aliphatic hydroxyl groups excluding tert-OH is 2. The monoisotopic (exact) mass is 174 g/mol. The maximum absolute atomic E-state index is 11.0. The number of ether oxygens (including phenoxy) is 1. The summed E-state index contributed by atoms with van der Waals surface area (Å²) in [6.07, 6.45) is -2.92. The molecule has 0 aromatic carbocycles. The van der Waals surface area contributed by atoms with Gasteiger partial charge >= 0.3 is 5.97 Å². The van der Waals surface area contributed by atoms with Crippen molar-refractivity contribution in [3.8, 4) is 0 Å². The van der Waals surface area contributed by atoms with Gasteiger partial charge in [-0.2, -0.15) is 0 Å². The van der Waals surface area contributed by atoms with E-state index in [4.69, 9.17) is 0 Å². The molecule has 0 spiro atoms. The van der Waals surface area contributed by atoms with Crippen molar-refractivity contribution >= 4 is 5.97 Å². The Bertz CT molecular complexity index is 228. The van der Waals surface area contributed by atoms with Crippen LogP contribution in [-0.4, -0.2) is 45.2 Å². The Morgan fingerprint density at radius 1 is 1.42 bits per heavy atom. The molecule has 2 fully saturated rings. The Hall–Kier alpha value is -0.650. The fraction of sp³-hybridized carbons (Fsp3) is 0.857. The first-order valence-corrected chi connectivity index (χ1v) is 3.82. The Morgan fingerprint density at radius 3 is 2.75 bits per heavy atom. The summed E-state index contributed by atoms with van der Waals surface area (Å²) in [6, 6.07) is 0. The zero-order valence-corrected chi connectivity index (χ0v) is 6.30. The molecule has 2 bridgehead atoms. The molecule has 0 aromatic heterocycles. The molecule has 1 saturated heterocycles. The smallest absolute Gasteiger partial charge is 0.338 e. The van der Waals surface area contributed by atoms with Gasteiger partial charge in [0.15, 0.2) is 5.60 Å². The highest BCUT2D eigenvalue weighted by molar-refractivity contribution is 5.82. The number of rotatable bonds is 0. The number of hydrogen-bond acceptors (Lipinski definition) is 5. The molecule has 1 aliphatic carbocycles. The van der Waals surface area contributed by atoms with E-state index in [9.17, 15) is 20.1 Å². The van der Waals surface area contributed by atoms with Crippen molar-refractivity contribution in [2.45, 2.75) is 36.8 Å². The molecule has 68 valence electrons. The molecule has 5 nitrogen and oxygen atoms in total. The minimum atomic E-state index is -1.57. The third-order valence-electron chi connectivity index (χ3n) is 2.50. The van der Waals surface area contributed by atoms with E-state index in [1.807, 2.05) is 0 Å². The van der Waals surface area contributed by atoms with Gasteiger partial charge in [0.1, 0.15) is 12.2 Å². The second-order valence-corrected chi connectivity index (χ2v) is 3.44. The third-order valence-corrected chi connectivity index (χ3v) is 2.50. The highest BCUT2D eigenvalue weighted by Gasteiger charge is 2.56. The molecule has 1 saturated carbocycles. The van der Waals surface area contributed by atoms with Gasteiger partial charge in [0.05, 0.1) is 6.10 Å². The van der Waals surface area contributed by atoms with Gasteiger partial charge in [0.25, 0.3) is 0 Å². The molecule has 1 aliphatic heterocycles. The number of carbonyl (C=O) groups is 1. The van der Waals surface area contributed by atoms with E-state index < -0.39 is 29.9 Å². The highest BCUT2D eigenvalue weighted by Crippen LogP contribution is 2.37. The number of hydrogen-bond donors (Lipinski definition) is 3. The van der Waals surface area contributed by atoms with Crippen molar-refractivity contribution in [2.75, 3.05) is 0 Å². The highest BCUT2D eigenvalue weighted by atomic mass is 16.6. The molecular formula is C7H10O5. The van der Waals surface area contributed by atoms with Crippen molar-refractivity contribution in [3.05, 3.63) is 0 Å². The van der Waals surface area contributed by atoms with E-state index in [1.165, 1.54) is 0 Å². The van der Waals surface area contributed by atoms with E-state index in [2.05, 4.69) is 4.74 Å². The normalized spacial score (nSPS) is 52.2. The van der Waals surface area contributed by atoms with Crippen LogP contribution >= 0.6 is 0 Å². The van der Waals surface area contributed by atoms with Gasteiger partial charge in [0, 0.05) is 12.8 Å². The Balaban J connectivity index is 2.28. The molecule has 5 heteroatoms. The molecule has 4 atom stereocenters. The number of esters is 1. The molecular weight excluding hydrogens is 164 g/mol. The zero-order valence-electron chi connectivity index (χ0n) is 6.30. The lowest BCUT2D eigenvalue weighted by Gasteiger charge is -2.30. The van der Waals surface area contributed by atoms with E-state index in [0.29, 0.717) is 0 Å². The summed E-state index contributed by atoms with van der Waals surface area (Å²) in [7, 11) is 0. The zero-order chi connectivity index (χ0) is 8.93. The number of carbonyl (C=O) groups excluding carboxylic acids is 1. The van der Waals surface area contributed by atoms with E-state index in [1.54, 1.807) is 0 Å². The molecule has 0 radical (unpaired) electrons. The van der Waals surface area contributed by atoms with Gasteiger partial charge in [-0.25, -0.2) is 4.79 Å². The van der Waals surface area contributed by atoms with Crippen molar-refractivity contribution in [1.29, 1.82) is 0 Å². The number of aliphatic hydroxyl groups is 3. The van der Waals surface area contributed by atoms with Crippen LogP contribution in [0.1, 0.15) is 12.8 Å². The standard InChI is InChI=1S/C7H10O5/c8-3-1-7(11)2-4(5(3)9)12-6(7)10/h3-5,8-9,11H,1-2H2/t3?,4-,5?,7+/m1/s1. The maximum atomic E-state index is 11.0. The average molecular weight is 174 g/mol. The molecule has 0 amide bonds. The van der Waals surface area contributed by atoms with Gasteiger partial charge in [-0.05, 0) is 0 Å². The largest absolute Gasteiger partial charge is 0.457 e. The molecule has 1 heterocycles. The predicted molar refractivity (Wildman–Crippen MR) is 36.1 cm³/mol. The Kier molecular flexibility index (Phi) is 1.45. The SMILES string of the molecule is O=C1O[C@@H]2C[C@@]1(O)CC(O)C2O. The Morgan fingerprint density at radius 2 is 2.08 bits per heavy atom. The van der Waals surface area contributed by atoms with Crippen LogP contribution in [0.5, 0.6) is 0 Å². The minimum absolute atomic E-state index is 0.0874. The van der Waals surface area contributed by atoms with Crippen LogP contribution in [-0.2, 0) is 9.53 Å². The lowest BCUT2D eigenvalue weighted by molar-refractivity contribution is -0.154. The molecule has 12 heavy (non-hydrogen) atoms. The summed E-state index contributed by atoms with van der Waals surface area (Å²) < 4.78 is 4.67. The van der Waals surface area contributed by atoms with Crippen molar-refractivity contribution in [2.24, 2.45) is 0 Å². The number of fused-ring (bicyclic) bond motifs is 2. The van der Waals surface area contributed by atoms with Crippen molar-refractivity contribution < 1.29 is 24.9 Å². The van der Waals surface area contributed by atoms with E-state index in [-0.39, 0.29) is 12.8 Å². The average Bonchev–Trinajstić information content (AvgIpc) is 2.22. The van der Waals surface area contributed by atoms with Crippen LogP contribution in [0.3, 0.4) is 0 Å². The molecule has 3 N–H and O–H groups in total. The lowest BCUT2D eigenvalue weighted by Crippen LogP contribution is -2.48. The van der Waals surface area contributed by atoms with Crippen LogP contribution in [0.4, 0.5) is 0 Å². The van der Waals surface area contributed by atoms with E-state index >= 15 is 0 Å². The van der Waals surface area contributed by atoms with Crippen LogP contribution < -0.4 is 0 Å². The van der Waals surface area contributed by atoms with Gasteiger partial charge in [-0.1, -0.05) is 0 Å². The van der Waals surface area contributed by atoms with Gasteiger partial charge < -0.3 is 20.1 Å². The van der Waals surface area contributed by atoms with Gasteiger partial charge in [-0.3, -0.25) is 0 Å². The summed E-state index contributed by atoms with van der Waals surface area (Å²) >= 11 is 0. The third kappa shape index (κ3) is 0.872. The van der Waals surface area contributed by atoms with Crippen LogP contribution in [0.2, 0.25) is 0 Å². The molecule has 2 rings (SSSR count). The minimum Gasteiger partial charge on any atom is -0.457 e. The summed E-state index contributed by atoms with van der Waals surface area (Å²) in [5.41, 5.74) is -1.57. The summed E-state index contributed by atoms with van der Waals surface area (Å²) in [5.74, 6) is -0.733. The quantitative estimate of drug-likeness (QED) is 0.375. The van der Waals surface area contributed by atoms with Gasteiger partial charge in [0.2, 0.25) is 0 Å². The first-order valence-electron chi connectivity index (χ1n) is 3.82. The first-order chi connectivity index (χ1) is 5.53. The Labute approximate surface area is 68.6 Å². The van der Waals surface area contributed by atoms with Crippen molar-refractivity contribution in [1.82, 2.24) is 0 Å². The van der Waals surface area contributed by atoms with Gasteiger partial charge in [-0.15, -0.1) is 0 Å². The second-order valence-electron chi connectivity index (χ2n) is 3.44. The fourth-order valence-corrected chi connectivity index (χ4v) is 1.78. The topological polar surface area (TPSA) is 87.0 Å². The lowest BCUT2D eigenvalue weighted by atomic mass is 9.82. The molecule has 2 unspecified atom stereocenters. The summed E-state index contributed by atoms with van der Waals surface area (Å²) in [6.45, 7) is 0. The van der Waals surface area contributed by atoms with Crippen LogP contribution in [0.25, 0.3) is 0 Å². The molecule has 2 aliphatic rings. The van der Waals surface area contributed by atoms with Crippen LogP contribution in [0.15, 0.2) is 0 Å². The van der Waals surface area contributed by atoms with Crippen molar-refractivity contribution in [3.63, 3.8) is 0 Å². The summed E-state index contributed by atoms with van der Waals surface area (Å²) in [4.78, 5) is 11.0. The van der Waals surface area contributed by atoms with Crippen LogP contribution in [0, 0.1) is 0 Å².